The van der Waals surface area contributed by atoms with Gasteiger partial charge in [-0.3, -0.25) is 14.8 Å². The maximum Gasteiger partial charge on any atom is 0.254 e. The van der Waals surface area contributed by atoms with Gasteiger partial charge in [0.15, 0.2) is 0 Å². The predicted octanol–water partition coefficient (Wildman–Crippen LogP) is 2.79. The minimum Gasteiger partial charge on any atom is -0.349 e. The number of pyridine rings is 2. The highest BCUT2D eigenvalue weighted by molar-refractivity contribution is 5.95. The average molecular weight is 399 g/mol. The molecule has 0 radical (unpaired) electrons. The molecule has 0 aliphatic rings. The first-order valence-corrected chi connectivity index (χ1v) is 9.60. The molecule has 150 valence electrons. The monoisotopic (exact) mass is 399 g/mol. The van der Waals surface area contributed by atoms with Gasteiger partial charge in [-0.1, -0.05) is 6.07 Å². The number of nitrogens with zero attached hydrogens (tertiary/aromatic N) is 6. The zero-order valence-electron chi connectivity index (χ0n) is 16.7. The van der Waals surface area contributed by atoms with Gasteiger partial charge in [-0.15, -0.1) is 0 Å². The molecule has 0 spiro atoms. The Morgan fingerprint density at radius 2 is 1.87 bits per heavy atom. The van der Waals surface area contributed by atoms with Crippen LogP contribution in [-0.4, -0.2) is 41.7 Å². The minimum absolute atomic E-state index is 0.0467. The van der Waals surface area contributed by atoms with E-state index in [1.165, 1.54) is 0 Å². The number of aromatic nitrogens is 6. The smallest absolute Gasteiger partial charge is 0.254 e. The summed E-state index contributed by atoms with van der Waals surface area (Å²) in [4.78, 5) is 29.9. The number of nitrogens with one attached hydrogen (secondary N) is 1. The highest BCUT2D eigenvalue weighted by atomic mass is 16.1. The van der Waals surface area contributed by atoms with E-state index >= 15 is 0 Å². The normalized spacial score (nSPS) is 11.8. The molecule has 4 aromatic heterocycles. The Morgan fingerprint density at radius 3 is 2.60 bits per heavy atom. The molecule has 4 rings (SSSR count). The molecule has 1 N–H and O–H groups in total. The first-order valence-electron chi connectivity index (χ1n) is 9.60. The third-order valence-electron chi connectivity index (χ3n) is 4.69. The second-order valence-electron chi connectivity index (χ2n) is 6.98. The molecule has 0 aliphatic heterocycles. The standard InChI is InChI=1S/C22H21N7O/c1-15(11-17-5-3-8-23-12-17)27-21(30)19-14-26-29(16(19)2)22-25-10-7-20(28-22)18-6-4-9-24-13-18/h3-10,12-15H,11H2,1-2H3,(H,27,30). The molecule has 1 amide bonds. The summed E-state index contributed by atoms with van der Waals surface area (Å²) in [6.45, 7) is 3.79. The Kier molecular flexibility index (Phi) is 5.56. The zero-order valence-corrected chi connectivity index (χ0v) is 16.7. The molecule has 0 saturated heterocycles. The van der Waals surface area contributed by atoms with Crippen LogP contribution in [0.25, 0.3) is 17.2 Å². The number of hydrogen-bond acceptors (Lipinski definition) is 6. The van der Waals surface area contributed by atoms with Crippen molar-refractivity contribution in [3.05, 3.63) is 84.3 Å². The predicted molar refractivity (Wildman–Crippen MR) is 112 cm³/mol. The molecule has 0 aromatic carbocycles. The first kappa shape index (κ1) is 19.4. The number of hydrogen-bond donors (Lipinski definition) is 1. The van der Waals surface area contributed by atoms with E-state index in [0.717, 1.165) is 16.8 Å². The van der Waals surface area contributed by atoms with E-state index in [1.807, 2.05) is 44.2 Å². The number of carbonyl (C=O) groups excluding carboxylic acids is 1. The van der Waals surface area contributed by atoms with Crippen molar-refractivity contribution in [3.63, 3.8) is 0 Å². The molecule has 1 atom stereocenters. The van der Waals surface area contributed by atoms with Crippen LogP contribution in [0.1, 0.15) is 28.5 Å². The van der Waals surface area contributed by atoms with Crippen LogP contribution in [0.5, 0.6) is 0 Å². The summed E-state index contributed by atoms with van der Waals surface area (Å²) in [6.07, 6.45) is 10.9. The topological polar surface area (TPSA) is 98.5 Å². The average Bonchev–Trinajstić information content (AvgIpc) is 3.16. The van der Waals surface area contributed by atoms with Crippen molar-refractivity contribution in [1.29, 1.82) is 0 Å². The van der Waals surface area contributed by atoms with Gasteiger partial charge >= 0.3 is 0 Å². The molecule has 4 heterocycles. The Balaban J connectivity index is 1.52. The molecule has 0 aliphatic carbocycles. The van der Waals surface area contributed by atoms with Crippen LogP contribution < -0.4 is 5.32 Å². The Morgan fingerprint density at radius 1 is 1.07 bits per heavy atom. The zero-order chi connectivity index (χ0) is 20.9. The molecule has 0 fully saturated rings. The Hall–Kier alpha value is -3.94. The van der Waals surface area contributed by atoms with Gasteiger partial charge in [-0.25, -0.2) is 14.6 Å². The molecular weight excluding hydrogens is 378 g/mol. The summed E-state index contributed by atoms with van der Waals surface area (Å²) >= 11 is 0. The van der Waals surface area contributed by atoms with E-state index in [1.54, 1.807) is 41.9 Å². The highest BCUT2D eigenvalue weighted by Gasteiger charge is 2.18. The molecule has 30 heavy (non-hydrogen) atoms. The van der Waals surface area contributed by atoms with Crippen molar-refractivity contribution in [2.75, 3.05) is 0 Å². The summed E-state index contributed by atoms with van der Waals surface area (Å²) in [5.41, 5.74) is 3.85. The SMILES string of the molecule is Cc1c(C(=O)NC(C)Cc2cccnc2)cnn1-c1nccc(-c2cccnc2)n1. The van der Waals surface area contributed by atoms with Crippen LogP contribution in [0.2, 0.25) is 0 Å². The number of carbonyl (C=O) groups is 1. The largest absolute Gasteiger partial charge is 0.349 e. The third-order valence-corrected chi connectivity index (χ3v) is 4.69. The second kappa shape index (κ2) is 8.60. The first-order chi connectivity index (χ1) is 14.6. The summed E-state index contributed by atoms with van der Waals surface area (Å²) < 4.78 is 1.57. The van der Waals surface area contributed by atoms with Gasteiger partial charge in [-0.05, 0) is 50.1 Å². The number of rotatable bonds is 6. The lowest BCUT2D eigenvalue weighted by Gasteiger charge is -2.13. The highest BCUT2D eigenvalue weighted by Crippen LogP contribution is 2.17. The molecule has 8 nitrogen and oxygen atoms in total. The van der Waals surface area contributed by atoms with Gasteiger partial charge in [-0.2, -0.15) is 5.10 Å². The minimum atomic E-state index is -0.182. The van der Waals surface area contributed by atoms with Gasteiger partial charge < -0.3 is 5.32 Å². The maximum atomic E-state index is 12.8. The van der Waals surface area contributed by atoms with Crippen LogP contribution in [0.15, 0.2) is 67.5 Å². The van der Waals surface area contributed by atoms with E-state index < -0.39 is 0 Å². The second-order valence-corrected chi connectivity index (χ2v) is 6.98. The van der Waals surface area contributed by atoms with Crippen molar-refractivity contribution >= 4 is 5.91 Å². The lowest BCUT2D eigenvalue weighted by molar-refractivity contribution is 0.0939. The van der Waals surface area contributed by atoms with Crippen molar-refractivity contribution in [3.8, 4) is 17.2 Å². The summed E-state index contributed by atoms with van der Waals surface area (Å²) in [7, 11) is 0. The molecule has 1 unspecified atom stereocenters. The van der Waals surface area contributed by atoms with Crippen LogP contribution >= 0.6 is 0 Å². The van der Waals surface area contributed by atoms with E-state index in [2.05, 4.69) is 30.4 Å². The lowest BCUT2D eigenvalue weighted by Crippen LogP contribution is -2.34. The summed E-state index contributed by atoms with van der Waals surface area (Å²) in [6, 6.07) is 9.42. The summed E-state index contributed by atoms with van der Waals surface area (Å²) in [5, 5.41) is 7.36. The van der Waals surface area contributed by atoms with E-state index in [4.69, 9.17) is 0 Å². The summed E-state index contributed by atoms with van der Waals surface area (Å²) in [5.74, 6) is 0.217. The van der Waals surface area contributed by atoms with Gasteiger partial charge in [0, 0.05) is 42.6 Å². The van der Waals surface area contributed by atoms with Crippen LogP contribution in [0, 0.1) is 6.92 Å². The van der Waals surface area contributed by atoms with Gasteiger partial charge in [0.1, 0.15) is 0 Å². The van der Waals surface area contributed by atoms with Crippen LogP contribution in [0.4, 0.5) is 0 Å². The number of amides is 1. The lowest BCUT2D eigenvalue weighted by atomic mass is 10.1. The molecule has 0 bridgehead atoms. The fraction of sp³-hybridized carbons (Fsp3) is 0.182. The van der Waals surface area contributed by atoms with Gasteiger partial charge in [0.25, 0.3) is 11.9 Å². The van der Waals surface area contributed by atoms with Gasteiger partial charge in [0.05, 0.1) is 23.1 Å². The third kappa shape index (κ3) is 4.22. The Bertz CT molecular complexity index is 1140. The van der Waals surface area contributed by atoms with Gasteiger partial charge in [0.2, 0.25) is 0 Å². The van der Waals surface area contributed by atoms with Crippen LogP contribution in [0.3, 0.4) is 0 Å². The van der Waals surface area contributed by atoms with Crippen molar-refractivity contribution in [2.45, 2.75) is 26.3 Å². The van der Waals surface area contributed by atoms with Crippen molar-refractivity contribution in [2.24, 2.45) is 0 Å². The molecule has 4 aromatic rings. The van der Waals surface area contributed by atoms with Crippen molar-refractivity contribution < 1.29 is 4.79 Å². The molecular formula is C22H21N7O. The van der Waals surface area contributed by atoms with Crippen LogP contribution in [-0.2, 0) is 6.42 Å². The van der Waals surface area contributed by atoms with E-state index in [-0.39, 0.29) is 11.9 Å². The van der Waals surface area contributed by atoms with Crippen molar-refractivity contribution in [1.82, 2.24) is 35.0 Å². The maximum absolute atomic E-state index is 12.8. The quantitative estimate of drug-likeness (QED) is 0.535. The Labute approximate surface area is 174 Å². The molecule has 8 heteroatoms. The fourth-order valence-corrected chi connectivity index (χ4v) is 3.18. The van der Waals surface area contributed by atoms with E-state index in [9.17, 15) is 4.79 Å². The molecule has 0 saturated carbocycles. The van der Waals surface area contributed by atoms with E-state index in [0.29, 0.717) is 23.6 Å². The fourth-order valence-electron chi connectivity index (χ4n) is 3.18.